The molecule has 0 aliphatic heterocycles. The predicted octanol–water partition coefficient (Wildman–Crippen LogP) is 3.62. The molecule has 0 bridgehead atoms. The van der Waals surface area contributed by atoms with Gasteiger partial charge in [0.05, 0.1) is 12.7 Å². The number of carboxylic acids is 1. The number of nitrogens with zero attached hydrogens (tertiary/aromatic N) is 1. The van der Waals surface area contributed by atoms with Gasteiger partial charge in [-0.1, -0.05) is 15.9 Å². The number of hydrogen-bond acceptors (Lipinski definition) is 3. The number of ether oxygens (including phenoxy) is 1. The monoisotopic (exact) mass is 335 g/mol. The molecule has 20 heavy (non-hydrogen) atoms. The summed E-state index contributed by atoms with van der Waals surface area (Å²) in [4.78, 5) is 10.5. The molecule has 1 aliphatic rings. The molecule has 104 valence electrons. The van der Waals surface area contributed by atoms with Gasteiger partial charge in [0.2, 0.25) is 0 Å². The molecule has 4 nitrogen and oxygen atoms in total. The maximum atomic E-state index is 10.5. The molecular weight excluding hydrogens is 322 g/mol. The number of nitriles is 1. The van der Waals surface area contributed by atoms with E-state index in [0.29, 0.717) is 18.8 Å². The molecule has 0 spiro atoms. The zero-order chi connectivity index (χ0) is 14.6. The molecule has 1 aromatic carbocycles. The second kappa shape index (κ2) is 6.10. The van der Waals surface area contributed by atoms with Crippen LogP contribution in [0.2, 0.25) is 0 Å². The molecule has 5 heteroatoms. The fraction of sp³-hybridized carbons (Fsp3) is 0.333. The molecule has 0 amide bonds. The van der Waals surface area contributed by atoms with Gasteiger partial charge in [-0.2, -0.15) is 5.26 Å². The van der Waals surface area contributed by atoms with Crippen molar-refractivity contribution in [1.82, 2.24) is 0 Å². The molecule has 1 saturated carbocycles. The molecule has 0 heterocycles. The van der Waals surface area contributed by atoms with Crippen molar-refractivity contribution in [3.63, 3.8) is 0 Å². The highest BCUT2D eigenvalue weighted by atomic mass is 79.9. The summed E-state index contributed by atoms with van der Waals surface area (Å²) in [5.74, 6) is -0.309. The van der Waals surface area contributed by atoms with Crippen molar-refractivity contribution in [2.45, 2.75) is 19.3 Å². The van der Waals surface area contributed by atoms with Gasteiger partial charge in [0.1, 0.15) is 5.75 Å². The molecule has 1 fully saturated rings. The Morgan fingerprint density at radius 2 is 2.30 bits per heavy atom. The standard InChI is InChI=1S/C15H14BrNO3/c16-13-3-2-12(9-11(13)1-4-14(18)19)20-10-15(5-6-15)7-8-17/h1-4,9H,5-7,10H2,(H,18,19)/b4-1+. The summed E-state index contributed by atoms with van der Waals surface area (Å²) < 4.78 is 6.54. The number of rotatable bonds is 6. The van der Waals surface area contributed by atoms with E-state index in [9.17, 15) is 4.79 Å². The third-order valence-electron chi connectivity index (χ3n) is 3.33. The van der Waals surface area contributed by atoms with Crippen molar-refractivity contribution in [3.05, 3.63) is 34.3 Å². The fourth-order valence-corrected chi connectivity index (χ4v) is 2.23. The van der Waals surface area contributed by atoms with Crippen molar-refractivity contribution < 1.29 is 14.6 Å². The summed E-state index contributed by atoms with van der Waals surface area (Å²) in [5.41, 5.74) is 0.772. The zero-order valence-electron chi connectivity index (χ0n) is 10.8. The van der Waals surface area contributed by atoms with Crippen LogP contribution in [-0.2, 0) is 4.79 Å². The van der Waals surface area contributed by atoms with Gasteiger partial charge in [-0.05, 0) is 42.7 Å². The van der Waals surface area contributed by atoms with Crippen LogP contribution in [-0.4, -0.2) is 17.7 Å². The topological polar surface area (TPSA) is 70.3 Å². The van der Waals surface area contributed by atoms with Crippen LogP contribution in [0.5, 0.6) is 5.75 Å². The molecule has 0 radical (unpaired) electrons. The van der Waals surface area contributed by atoms with Crippen molar-refractivity contribution in [2.24, 2.45) is 5.41 Å². The van der Waals surface area contributed by atoms with Crippen LogP contribution in [0.1, 0.15) is 24.8 Å². The number of carbonyl (C=O) groups is 1. The molecule has 0 unspecified atom stereocenters. The van der Waals surface area contributed by atoms with Crippen molar-refractivity contribution in [3.8, 4) is 11.8 Å². The Kier molecular flexibility index (Phi) is 4.46. The number of halogens is 1. The average molecular weight is 336 g/mol. The summed E-state index contributed by atoms with van der Waals surface area (Å²) in [7, 11) is 0. The third-order valence-corrected chi connectivity index (χ3v) is 4.05. The van der Waals surface area contributed by atoms with E-state index in [1.54, 1.807) is 6.07 Å². The minimum Gasteiger partial charge on any atom is -0.493 e. The summed E-state index contributed by atoms with van der Waals surface area (Å²) in [6.07, 6.45) is 5.18. The number of carboxylic acid groups (broad SMARTS) is 1. The predicted molar refractivity (Wildman–Crippen MR) is 78.2 cm³/mol. The van der Waals surface area contributed by atoms with Crippen LogP contribution in [0.3, 0.4) is 0 Å². The maximum absolute atomic E-state index is 10.5. The van der Waals surface area contributed by atoms with Crippen molar-refractivity contribution in [2.75, 3.05) is 6.61 Å². The van der Waals surface area contributed by atoms with Crippen LogP contribution in [0.25, 0.3) is 6.08 Å². The third kappa shape index (κ3) is 3.84. The van der Waals surface area contributed by atoms with Gasteiger partial charge >= 0.3 is 5.97 Å². The van der Waals surface area contributed by atoms with E-state index in [-0.39, 0.29) is 5.41 Å². The zero-order valence-corrected chi connectivity index (χ0v) is 12.4. The summed E-state index contributed by atoms with van der Waals surface area (Å²) >= 11 is 3.37. The van der Waals surface area contributed by atoms with Gasteiger partial charge in [0, 0.05) is 22.4 Å². The van der Waals surface area contributed by atoms with Crippen LogP contribution in [0.4, 0.5) is 0 Å². The maximum Gasteiger partial charge on any atom is 0.328 e. The second-order valence-corrected chi connectivity index (χ2v) is 5.83. The van der Waals surface area contributed by atoms with E-state index in [2.05, 4.69) is 22.0 Å². The highest BCUT2D eigenvalue weighted by molar-refractivity contribution is 9.10. The van der Waals surface area contributed by atoms with Gasteiger partial charge in [-0.25, -0.2) is 4.79 Å². The Morgan fingerprint density at radius 1 is 1.55 bits per heavy atom. The Balaban J connectivity index is 2.04. The summed E-state index contributed by atoms with van der Waals surface area (Å²) in [6, 6.07) is 7.62. The number of hydrogen-bond donors (Lipinski definition) is 1. The first kappa shape index (κ1) is 14.6. The lowest BCUT2D eigenvalue weighted by Gasteiger charge is -2.13. The first-order valence-electron chi connectivity index (χ1n) is 6.25. The lowest BCUT2D eigenvalue weighted by Crippen LogP contribution is -2.12. The van der Waals surface area contributed by atoms with E-state index >= 15 is 0 Å². The molecule has 0 saturated heterocycles. The fourth-order valence-electron chi connectivity index (χ4n) is 1.85. The van der Waals surface area contributed by atoms with Gasteiger partial charge in [-0.15, -0.1) is 0 Å². The molecular formula is C15H14BrNO3. The molecule has 1 aromatic rings. The van der Waals surface area contributed by atoms with Crippen LogP contribution < -0.4 is 4.74 Å². The van der Waals surface area contributed by atoms with E-state index < -0.39 is 5.97 Å². The number of benzene rings is 1. The van der Waals surface area contributed by atoms with E-state index in [1.807, 2.05) is 12.1 Å². The van der Waals surface area contributed by atoms with E-state index in [1.165, 1.54) is 6.08 Å². The minimum absolute atomic E-state index is 0.0267. The SMILES string of the molecule is N#CCC1(COc2ccc(Br)c(/C=C/C(=O)O)c2)CC1. The van der Waals surface area contributed by atoms with Crippen LogP contribution in [0, 0.1) is 16.7 Å². The van der Waals surface area contributed by atoms with Gasteiger partial charge in [0.15, 0.2) is 0 Å². The normalized spacial score (nSPS) is 15.8. The summed E-state index contributed by atoms with van der Waals surface area (Å²) in [5, 5.41) is 17.4. The van der Waals surface area contributed by atoms with Crippen LogP contribution >= 0.6 is 15.9 Å². The Morgan fingerprint density at radius 3 is 2.90 bits per heavy atom. The Bertz CT molecular complexity index is 585. The minimum atomic E-state index is -0.992. The molecule has 1 aliphatic carbocycles. The Labute approximate surface area is 125 Å². The van der Waals surface area contributed by atoms with Gasteiger partial charge in [-0.3, -0.25) is 0 Å². The van der Waals surface area contributed by atoms with E-state index in [4.69, 9.17) is 15.1 Å². The highest BCUT2D eigenvalue weighted by Crippen LogP contribution is 2.48. The molecule has 0 aromatic heterocycles. The first-order valence-corrected chi connectivity index (χ1v) is 7.04. The molecule has 0 atom stereocenters. The largest absolute Gasteiger partial charge is 0.493 e. The summed E-state index contributed by atoms with van der Waals surface area (Å²) in [6.45, 7) is 0.532. The smallest absolute Gasteiger partial charge is 0.328 e. The van der Waals surface area contributed by atoms with Crippen molar-refractivity contribution >= 4 is 28.0 Å². The Hall–Kier alpha value is -1.80. The second-order valence-electron chi connectivity index (χ2n) is 4.98. The van der Waals surface area contributed by atoms with Gasteiger partial charge in [0.25, 0.3) is 0 Å². The van der Waals surface area contributed by atoms with Gasteiger partial charge < -0.3 is 9.84 Å². The van der Waals surface area contributed by atoms with Crippen LogP contribution in [0.15, 0.2) is 28.7 Å². The molecule has 2 rings (SSSR count). The van der Waals surface area contributed by atoms with Crippen molar-refractivity contribution in [1.29, 1.82) is 5.26 Å². The lowest BCUT2D eigenvalue weighted by molar-refractivity contribution is -0.131. The quantitative estimate of drug-likeness (QED) is 0.806. The molecule has 1 N–H and O–H groups in total. The first-order chi connectivity index (χ1) is 9.54. The average Bonchev–Trinajstić information content (AvgIpc) is 3.17. The lowest BCUT2D eigenvalue weighted by atomic mass is 10.1. The highest BCUT2D eigenvalue weighted by Gasteiger charge is 2.43. The van der Waals surface area contributed by atoms with E-state index in [0.717, 1.165) is 29.0 Å². The number of aliphatic carboxylic acids is 1.